The van der Waals surface area contributed by atoms with Gasteiger partial charge in [-0.2, -0.15) is 0 Å². The second kappa shape index (κ2) is 23.9. The monoisotopic (exact) mass is 430 g/mol. The first-order chi connectivity index (χ1) is 14.1. The van der Waals surface area contributed by atoms with Gasteiger partial charge in [-0.05, 0) is 43.9 Å². The van der Waals surface area contributed by atoms with Crippen LogP contribution in [0.25, 0.3) is 0 Å². The molecule has 0 unspecified atom stereocenters. The van der Waals surface area contributed by atoms with Crippen molar-refractivity contribution in [3.8, 4) is 0 Å². The molecular weight excluding hydrogens is 384 g/mol. The second-order valence-electron chi connectivity index (χ2n) is 7.65. The molecule has 0 amide bonds. The molecule has 0 aromatic carbocycles. The van der Waals surface area contributed by atoms with Crippen molar-refractivity contribution >= 4 is 12.6 Å². The zero-order valence-corrected chi connectivity index (χ0v) is 19.8. The molecule has 5 heteroatoms. The van der Waals surface area contributed by atoms with E-state index in [9.17, 15) is 0 Å². The summed E-state index contributed by atoms with van der Waals surface area (Å²) < 4.78 is 22.2. The van der Waals surface area contributed by atoms with Crippen molar-refractivity contribution in [2.75, 3.05) is 52.9 Å². The van der Waals surface area contributed by atoms with E-state index in [1.165, 1.54) is 56.9 Å². The minimum absolute atomic E-state index is 0.612. The van der Waals surface area contributed by atoms with Crippen molar-refractivity contribution in [2.24, 2.45) is 0 Å². The molecule has 0 saturated heterocycles. The molecule has 0 aromatic heterocycles. The Hall–Kier alpha value is -0.330. The number of allylic oxidation sites excluding steroid dienone is 1. The molecule has 0 N–H and O–H groups in total. The van der Waals surface area contributed by atoms with Gasteiger partial charge in [0.25, 0.3) is 0 Å². The topological polar surface area (TPSA) is 36.9 Å². The highest BCUT2D eigenvalue weighted by Gasteiger charge is 1.95. The Labute approximate surface area is 185 Å². The van der Waals surface area contributed by atoms with Crippen molar-refractivity contribution < 1.29 is 18.9 Å². The van der Waals surface area contributed by atoms with E-state index >= 15 is 0 Å². The van der Waals surface area contributed by atoms with Gasteiger partial charge in [-0.25, -0.2) is 0 Å². The first kappa shape index (κ1) is 28.7. The number of rotatable bonds is 24. The highest BCUT2D eigenvalue weighted by molar-refractivity contribution is 7.84. The van der Waals surface area contributed by atoms with Gasteiger partial charge in [-0.3, -0.25) is 0 Å². The molecule has 0 aliphatic carbocycles. The van der Waals surface area contributed by atoms with Crippen LogP contribution in [0.2, 0.25) is 0 Å². The van der Waals surface area contributed by atoms with E-state index < -0.39 is 0 Å². The summed E-state index contributed by atoms with van der Waals surface area (Å²) in [6.07, 6.45) is 13.1. The van der Waals surface area contributed by atoms with Crippen LogP contribution in [0.5, 0.6) is 0 Å². The first-order valence-electron chi connectivity index (χ1n) is 11.4. The average Bonchev–Trinajstić information content (AvgIpc) is 2.68. The van der Waals surface area contributed by atoms with Crippen LogP contribution >= 0.6 is 12.6 Å². The van der Waals surface area contributed by atoms with Crippen LogP contribution in [-0.2, 0) is 18.9 Å². The van der Waals surface area contributed by atoms with Gasteiger partial charge < -0.3 is 18.9 Å². The summed E-state index contributed by atoms with van der Waals surface area (Å²) in [5, 5.41) is 0. The third-order valence-electron chi connectivity index (χ3n) is 4.50. The lowest BCUT2D eigenvalue weighted by molar-refractivity contribution is 0.0146. The van der Waals surface area contributed by atoms with E-state index in [2.05, 4.69) is 32.7 Å². The summed E-state index contributed by atoms with van der Waals surface area (Å²) in [5.74, 6) is 0. The van der Waals surface area contributed by atoms with Crippen LogP contribution in [0.3, 0.4) is 0 Å². The SMILES string of the molecule is C=C(C)CCCCCOCCCCCCCCOCCOCCOCCC(=C)S. The molecule has 172 valence electrons. The predicted octanol–water partition coefficient (Wildman–Crippen LogP) is 6.36. The summed E-state index contributed by atoms with van der Waals surface area (Å²) in [4.78, 5) is 0.851. The molecule has 0 aliphatic rings. The minimum atomic E-state index is 0.612. The maximum absolute atomic E-state index is 5.70. The molecule has 0 atom stereocenters. The lowest BCUT2D eigenvalue weighted by Gasteiger charge is -2.07. The van der Waals surface area contributed by atoms with Gasteiger partial charge in [-0.1, -0.05) is 44.3 Å². The zero-order valence-electron chi connectivity index (χ0n) is 18.9. The van der Waals surface area contributed by atoms with Crippen LogP contribution in [0, 0.1) is 0 Å². The van der Waals surface area contributed by atoms with E-state index in [4.69, 9.17) is 18.9 Å². The van der Waals surface area contributed by atoms with Crippen molar-refractivity contribution in [3.05, 3.63) is 23.6 Å². The Bertz CT molecular complexity index is 340. The number of hydrogen-bond acceptors (Lipinski definition) is 5. The van der Waals surface area contributed by atoms with Crippen molar-refractivity contribution in [3.63, 3.8) is 0 Å². The third kappa shape index (κ3) is 27.7. The molecule has 0 radical (unpaired) electrons. The molecule has 29 heavy (non-hydrogen) atoms. The maximum atomic E-state index is 5.70. The van der Waals surface area contributed by atoms with E-state index in [-0.39, 0.29) is 0 Å². The normalized spacial score (nSPS) is 11.1. The van der Waals surface area contributed by atoms with Crippen LogP contribution < -0.4 is 0 Å². The number of hydrogen-bond donors (Lipinski definition) is 1. The highest BCUT2D eigenvalue weighted by atomic mass is 32.1. The summed E-state index contributed by atoms with van der Waals surface area (Å²) >= 11 is 4.12. The fourth-order valence-corrected chi connectivity index (χ4v) is 2.85. The van der Waals surface area contributed by atoms with Crippen molar-refractivity contribution in [1.82, 2.24) is 0 Å². The molecule has 0 fully saturated rings. The van der Waals surface area contributed by atoms with Gasteiger partial charge in [0.2, 0.25) is 0 Å². The molecular formula is C24H46O4S. The number of unbranched alkanes of at least 4 members (excludes halogenated alkanes) is 7. The maximum Gasteiger partial charge on any atom is 0.0701 e. The van der Waals surface area contributed by atoms with Crippen LogP contribution in [0.15, 0.2) is 23.6 Å². The lowest BCUT2D eigenvalue weighted by atomic mass is 10.1. The summed E-state index contributed by atoms with van der Waals surface area (Å²) in [6.45, 7) is 15.6. The first-order valence-corrected chi connectivity index (χ1v) is 11.9. The smallest absolute Gasteiger partial charge is 0.0701 e. The predicted molar refractivity (Wildman–Crippen MR) is 127 cm³/mol. The molecule has 0 saturated carbocycles. The molecule has 0 rings (SSSR count). The molecule has 4 nitrogen and oxygen atoms in total. The lowest BCUT2D eigenvalue weighted by Crippen LogP contribution is -2.10. The van der Waals surface area contributed by atoms with Gasteiger partial charge in [0.05, 0.1) is 33.0 Å². The summed E-state index contributed by atoms with van der Waals surface area (Å²) in [6, 6.07) is 0. The fraction of sp³-hybridized carbons (Fsp3) is 0.833. The van der Waals surface area contributed by atoms with Gasteiger partial charge in [0, 0.05) is 26.2 Å². The molecule has 0 spiro atoms. The van der Waals surface area contributed by atoms with Gasteiger partial charge in [0.15, 0.2) is 0 Å². The summed E-state index contributed by atoms with van der Waals surface area (Å²) in [5.41, 5.74) is 1.29. The highest BCUT2D eigenvalue weighted by Crippen LogP contribution is 2.08. The average molecular weight is 431 g/mol. The Morgan fingerprint density at radius 2 is 0.897 bits per heavy atom. The van der Waals surface area contributed by atoms with E-state index in [0.29, 0.717) is 33.0 Å². The van der Waals surface area contributed by atoms with Gasteiger partial charge in [0.1, 0.15) is 0 Å². The Kier molecular flexibility index (Phi) is 23.7. The summed E-state index contributed by atoms with van der Waals surface area (Å²) in [7, 11) is 0. The Balaban J connectivity index is 3.01. The fourth-order valence-electron chi connectivity index (χ4n) is 2.76. The molecule has 0 heterocycles. The molecule has 0 aliphatic heterocycles. The second-order valence-corrected chi connectivity index (χ2v) is 8.29. The van der Waals surface area contributed by atoms with Crippen LogP contribution in [-0.4, -0.2) is 52.9 Å². The van der Waals surface area contributed by atoms with Crippen LogP contribution in [0.1, 0.15) is 77.6 Å². The van der Waals surface area contributed by atoms with E-state index in [1.54, 1.807) is 0 Å². The molecule has 0 aromatic rings. The quantitative estimate of drug-likeness (QED) is 0.110. The van der Waals surface area contributed by atoms with E-state index in [0.717, 1.165) is 44.0 Å². The molecule has 0 bridgehead atoms. The van der Waals surface area contributed by atoms with Gasteiger partial charge >= 0.3 is 0 Å². The van der Waals surface area contributed by atoms with Crippen molar-refractivity contribution in [1.29, 1.82) is 0 Å². The third-order valence-corrected chi connectivity index (χ3v) is 4.72. The largest absolute Gasteiger partial charge is 0.381 e. The van der Waals surface area contributed by atoms with Crippen LogP contribution in [0.4, 0.5) is 0 Å². The Morgan fingerprint density at radius 3 is 1.38 bits per heavy atom. The Morgan fingerprint density at radius 1 is 0.517 bits per heavy atom. The number of thiol groups is 1. The van der Waals surface area contributed by atoms with Crippen molar-refractivity contribution in [2.45, 2.75) is 77.6 Å². The zero-order chi connectivity index (χ0) is 21.4. The number of ether oxygens (including phenoxy) is 4. The van der Waals surface area contributed by atoms with E-state index in [1.807, 2.05) is 0 Å². The standard InChI is InChI=1S/C24H46O4S/c1-23(2)13-9-8-12-16-25-15-10-6-4-5-7-11-17-26-19-21-28-22-20-27-18-14-24(3)29/h29H,1,3-22H2,2H3. The minimum Gasteiger partial charge on any atom is -0.381 e. The van der Waals surface area contributed by atoms with Gasteiger partial charge in [-0.15, -0.1) is 19.2 Å².